The van der Waals surface area contributed by atoms with Gasteiger partial charge in [0.1, 0.15) is 0 Å². The van der Waals surface area contributed by atoms with Crippen LogP contribution in [0.15, 0.2) is 42.5 Å². The highest BCUT2D eigenvalue weighted by Gasteiger charge is 2.23. The van der Waals surface area contributed by atoms with Crippen LogP contribution in [-0.2, 0) is 0 Å². The molecule has 0 saturated carbocycles. The molecule has 20 heavy (non-hydrogen) atoms. The molecule has 0 aromatic heterocycles. The van der Waals surface area contributed by atoms with Crippen LogP contribution in [0, 0.1) is 0 Å². The number of anilines is 2. The van der Waals surface area contributed by atoms with Crippen molar-refractivity contribution in [3.8, 4) is 11.5 Å². The quantitative estimate of drug-likeness (QED) is 0.854. The van der Waals surface area contributed by atoms with Crippen LogP contribution < -0.4 is 15.0 Å². The Kier molecular flexibility index (Phi) is 3.81. The van der Waals surface area contributed by atoms with Gasteiger partial charge in [0.25, 0.3) is 0 Å². The highest BCUT2D eigenvalue weighted by atomic mass is 35.5. The number of nitrogens with one attached hydrogen (secondary N) is 1. The van der Waals surface area contributed by atoms with E-state index in [2.05, 4.69) is 16.3 Å². The SMILES string of the molecule is CNCCCN1c2ccccc2Oc2ccc(Cl)cc21. The minimum absolute atomic E-state index is 0.727. The standard InChI is InChI=1S/C16H17ClN2O/c1-18-9-4-10-19-13-5-2-3-6-15(13)20-16-8-7-12(17)11-14(16)19/h2-3,5-8,11,18H,4,9-10H2,1H3. The van der Waals surface area contributed by atoms with Crippen molar-refractivity contribution in [1.82, 2.24) is 5.32 Å². The van der Waals surface area contributed by atoms with Gasteiger partial charge in [-0.2, -0.15) is 0 Å². The van der Waals surface area contributed by atoms with Crippen LogP contribution in [0.2, 0.25) is 5.02 Å². The Balaban J connectivity index is 1.99. The molecular weight excluding hydrogens is 272 g/mol. The molecular formula is C16H17ClN2O. The molecule has 1 N–H and O–H groups in total. The summed E-state index contributed by atoms with van der Waals surface area (Å²) in [4.78, 5) is 2.28. The van der Waals surface area contributed by atoms with Gasteiger partial charge in [-0.25, -0.2) is 0 Å². The molecule has 1 heterocycles. The van der Waals surface area contributed by atoms with Crippen LogP contribution in [0.4, 0.5) is 11.4 Å². The largest absolute Gasteiger partial charge is 0.453 e. The first-order chi connectivity index (χ1) is 9.79. The molecule has 0 aliphatic carbocycles. The second-order valence-corrected chi connectivity index (χ2v) is 5.23. The molecule has 0 amide bonds. The van der Waals surface area contributed by atoms with E-state index in [0.717, 1.165) is 47.4 Å². The number of halogens is 1. The molecule has 0 saturated heterocycles. The van der Waals surface area contributed by atoms with Crippen molar-refractivity contribution >= 4 is 23.0 Å². The topological polar surface area (TPSA) is 24.5 Å². The van der Waals surface area contributed by atoms with Crippen molar-refractivity contribution < 1.29 is 4.74 Å². The lowest BCUT2D eigenvalue weighted by atomic mass is 10.1. The zero-order valence-electron chi connectivity index (χ0n) is 11.4. The average molecular weight is 289 g/mol. The lowest BCUT2D eigenvalue weighted by Gasteiger charge is -2.32. The predicted molar refractivity (Wildman–Crippen MR) is 83.5 cm³/mol. The minimum atomic E-state index is 0.727. The van der Waals surface area contributed by atoms with Crippen molar-refractivity contribution in [3.05, 3.63) is 47.5 Å². The van der Waals surface area contributed by atoms with Gasteiger partial charge < -0.3 is 15.0 Å². The van der Waals surface area contributed by atoms with Gasteiger partial charge in [-0.1, -0.05) is 23.7 Å². The predicted octanol–water partition coefficient (Wildman–Crippen LogP) is 4.19. The summed E-state index contributed by atoms with van der Waals surface area (Å²) in [6.45, 7) is 1.91. The number of fused-ring (bicyclic) bond motifs is 2. The third kappa shape index (κ3) is 2.47. The lowest BCUT2D eigenvalue weighted by Crippen LogP contribution is -2.24. The Morgan fingerprint density at radius 2 is 1.90 bits per heavy atom. The normalized spacial score (nSPS) is 12.6. The van der Waals surface area contributed by atoms with Crippen molar-refractivity contribution in [2.24, 2.45) is 0 Å². The van der Waals surface area contributed by atoms with E-state index in [0.29, 0.717) is 0 Å². The summed E-state index contributed by atoms with van der Waals surface area (Å²) in [7, 11) is 1.97. The highest BCUT2D eigenvalue weighted by Crippen LogP contribution is 2.47. The molecule has 0 atom stereocenters. The fourth-order valence-corrected chi connectivity index (χ4v) is 2.62. The summed E-state index contributed by atoms with van der Waals surface area (Å²) in [5.41, 5.74) is 2.13. The molecule has 1 aliphatic rings. The van der Waals surface area contributed by atoms with Gasteiger partial charge >= 0.3 is 0 Å². The number of hydrogen-bond acceptors (Lipinski definition) is 3. The number of hydrogen-bond donors (Lipinski definition) is 1. The summed E-state index contributed by atoms with van der Waals surface area (Å²) >= 11 is 6.14. The van der Waals surface area contributed by atoms with Gasteiger partial charge in [0.2, 0.25) is 0 Å². The average Bonchev–Trinajstić information content (AvgIpc) is 2.47. The molecule has 0 radical (unpaired) electrons. The number of benzene rings is 2. The lowest BCUT2D eigenvalue weighted by molar-refractivity contribution is 0.472. The summed E-state index contributed by atoms with van der Waals surface area (Å²) in [5, 5.41) is 3.91. The summed E-state index contributed by atoms with van der Waals surface area (Å²) in [6.07, 6.45) is 1.05. The molecule has 104 valence electrons. The second-order valence-electron chi connectivity index (χ2n) is 4.79. The van der Waals surface area contributed by atoms with Crippen LogP contribution in [0.25, 0.3) is 0 Å². The molecule has 0 unspecified atom stereocenters. The first-order valence-corrected chi connectivity index (χ1v) is 7.16. The Morgan fingerprint density at radius 1 is 1.10 bits per heavy atom. The third-order valence-corrected chi connectivity index (χ3v) is 3.63. The smallest absolute Gasteiger partial charge is 0.151 e. The Hall–Kier alpha value is -1.71. The maximum Gasteiger partial charge on any atom is 0.151 e. The van der Waals surface area contributed by atoms with Crippen molar-refractivity contribution in [3.63, 3.8) is 0 Å². The van der Waals surface area contributed by atoms with Gasteiger partial charge in [-0.05, 0) is 50.3 Å². The van der Waals surface area contributed by atoms with Gasteiger partial charge in [-0.15, -0.1) is 0 Å². The molecule has 0 bridgehead atoms. The summed E-state index contributed by atoms with van der Waals surface area (Å²) in [5.74, 6) is 1.75. The fraction of sp³-hybridized carbons (Fsp3) is 0.250. The van der Waals surface area contributed by atoms with Crippen LogP contribution >= 0.6 is 11.6 Å². The number of ether oxygens (including phenoxy) is 1. The number of para-hydroxylation sites is 2. The highest BCUT2D eigenvalue weighted by molar-refractivity contribution is 6.31. The van der Waals surface area contributed by atoms with Gasteiger partial charge in [0, 0.05) is 11.6 Å². The molecule has 2 aromatic rings. The van der Waals surface area contributed by atoms with E-state index >= 15 is 0 Å². The van der Waals surface area contributed by atoms with Crippen LogP contribution in [0.3, 0.4) is 0 Å². The van der Waals surface area contributed by atoms with Gasteiger partial charge in [0.15, 0.2) is 11.5 Å². The van der Waals surface area contributed by atoms with Crippen molar-refractivity contribution in [2.45, 2.75) is 6.42 Å². The van der Waals surface area contributed by atoms with E-state index in [1.54, 1.807) is 0 Å². The van der Waals surface area contributed by atoms with Crippen molar-refractivity contribution in [2.75, 3.05) is 25.0 Å². The van der Waals surface area contributed by atoms with Gasteiger partial charge in [-0.3, -0.25) is 0 Å². The molecule has 3 nitrogen and oxygen atoms in total. The monoisotopic (exact) mass is 288 g/mol. The number of rotatable bonds is 4. The zero-order chi connectivity index (χ0) is 13.9. The maximum atomic E-state index is 6.14. The van der Waals surface area contributed by atoms with Gasteiger partial charge in [0.05, 0.1) is 11.4 Å². The first-order valence-electron chi connectivity index (χ1n) is 6.78. The first kappa shape index (κ1) is 13.3. The van der Waals surface area contributed by atoms with Crippen LogP contribution in [0.1, 0.15) is 6.42 Å². The van der Waals surface area contributed by atoms with Crippen LogP contribution in [0.5, 0.6) is 11.5 Å². The Labute approximate surface area is 124 Å². The number of nitrogens with zero attached hydrogens (tertiary/aromatic N) is 1. The van der Waals surface area contributed by atoms with E-state index < -0.39 is 0 Å². The summed E-state index contributed by atoms with van der Waals surface area (Å²) < 4.78 is 5.95. The van der Waals surface area contributed by atoms with E-state index in [-0.39, 0.29) is 0 Å². The molecule has 2 aromatic carbocycles. The fourth-order valence-electron chi connectivity index (χ4n) is 2.46. The maximum absolute atomic E-state index is 6.14. The zero-order valence-corrected chi connectivity index (χ0v) is 12.2. The Bertz CT molecular complexity index is 615. The molecule has 3 rings (SSSR count). The molecule has 0 fully saturated rings. The molecule has 4 heteroatoms. The van der Waals surface area contributed by atoms with E-state index in [1.165, 1.54) is 0 Å². The summed E-state index contributed by atoms with van der Waals surface area (Å²) in [6, 6.07) is 13.9. The molecule has 0 spiro atoms. The second kappa shape index (κ2) is 5.73. The van der Waals surface area contributed by atoms with E-state index in [9.17, 15) is 0 Å². The third-order valence-electron chi connectivity index (χ3n) is 3.40. The van der Waals surface area contributed by atoms with E-state index in [1.807, 2.05) is 43.4 Å². The Morgan fingerprint density at radius 3 is 2.75 bits per heavy atom. The van der Waals surface area contributed by atoms with Crippen molar-refractivity contribution in [1.29, 1.82) is 0 Å². The molecule has 1 aliphatic heterocycles. The van der Waals surface area contributed by atoms with E-state index in [4.69, 9.17) is 16.3 Å². The minimum Gasteiger partial charge on any atom is -0.453 e. The van der Waals surface area contributed by atoms with Crippen LogP contribution in [-0.4, -0.2) is 20.1 Å².